The lowest BCUT2D eigenvalue weighted by molar-refractivity contribution is -0.224. The Bertz CT molecular complexity index is 845. The summed E-state index contributed by atoms with van der Waals surface area (Å²) in [5.41, 5.74) is -7.49. The maximum Gasteiger partial charge on any atom is 0.182 e. The minimum Gasteiger partial charge on any atom is -0.390 e. The minimum atomic E-state index is -2.32. The van der Waals surface area contributed by atoms with E-state index in [1.54, 1.807) is 0 Å². The molecule has 4 aliphatic rings. The number of carbonyl (C=O) groups is 2. The zero-order chi connectivity index (χ0) is 21.6. The van der Waals surface area contributed by atoms with Gasteiger partial charge in [-0.2, -0.15) is 0 Å². The Hall–Kier alpha value is -1.15. The molecule has 0 saturated heterocycles. The van der Waals surface area contributed by atoms with E-state index in [9.17, 15) is 24.9 Å². The Morgan fingerprint density at radius 3 is 2.52 bits per heavy atom. The predicted octanol–water partition coefficient (Wildman–Crippen LogP) is 1.81. The van der Waals surface area contributed by atoms with Gasteiger partial charge in [-0.3, -0.25) is 9.59 Å². The third-order valence-electron chi connectivity index (χ3n) is 8.40. The number of aliphatic hydroxyl groups is 3. The van der Waals surface area contributed by atoms with Crippen molar-refractivity contribution in [3.63, 3.8) is 0 Å². The van der Waals surface area contributed by atoms with Crippen LogP contribution >= 0.6 is 11.6 Å². The molecular weight excluding hydrogens is 406 g/mol. The Kier molecular flexibility index (Phi) is 4.50. The molecule has 29 heavy (non-hydrogen) atoms. The fourth-order valence-corrected chi connectivity index (χ4v) is 7.03. The molecule has 0 amide bonds. The SMILES string of the molecule is C[C@]12C=CC(=O)C=C1C(F)C[C@H]1[C@@H]3CC(O)[C@](O)(C(=O)CCl)[C@@]3(C)CC(O)[C@@]12F. The summed E-state index contributed by atoms with van der Waals surface area (Å²) in [5.74, 6) is -3.60. The highest BCUT2D eigenvalue weighted by molar-refractivity contribution is 6.29. The van der Waals surface area contributed by atoms with Gasteiger partial charge in [0.05, 0.1) is 18.1 Å². The molecule has 9 atom stereocenters. The number of carbonyl (C=O) groups excluding carboxylic acids is 2. The van der Waals surface area contributed by atoms with Gasteiger partial charge in [0.1, 0.15) is 6.17 Å². The number of hydrogen-bond acceptors (Lipinski definition) is 5. The van der Waals surface area contributed by atoms with E-state index in [1.165, 1.54) is 26.0 Å². The van der Waals surface area contributed by atoms with E-state index in [1.807, 2.05) is 0 Å². The minimum absolute atomic E-state index is 0.00274. The normalized spacial score (nSPS) is 53.7. The lowest BCUT2D eigenvalue weighted by atomic mass is 9.44. The first-order valence-electron chi connectivity index (χ1n) is 9.84. The summed E-state index contributed by atoms with van der Waals surface area (Å²) in [4.78, 5) is 24.3. The quantitative estimate of drug-likeness (QED) is 0.581. The van der Waals surface area contributed by atoms with Gasteiger partial charge in [-0.1, -0.05) is 13.0 Å². The molecule has 0 spiro atoms. The van der Waals surface area contributed by atoms with Gasteiger partial charge in [0.15, 0.2) is 22.8 Å². The number of fused-ring (bicyclic) bond motifs is 5. The molecule has 0 aromatic heterocycles. The van der Waals surface area contributed by atoms with E-state index in [-0.39, 0.29) is 24.8 Å². The lowest BCUT2D eigenvalue weighted by Gasteiger charge is -2.62. The number of alkyl halides is 3. The van der Waals surface area contributed by atoms with Crippen LogP contribution < -0.4 is 0 Å². The average molecular weight is 431 g/mol. The van der Waals surface area contributed by atoms with Gasteiger partial charge >= 0.3 is 0 Å². The van der Waals surface area contributed by atoms with Crippen LogP contribution in [0, 0.1) is 22.7 Å². The molecule has 4 aliphatic carbocycles. The summed E-state index contributed by atoms with van der Waals surface area (Å²) in [5, 5.41) is 32.8. The first-order chi connectivity index (χ1) is 13.4. The highest BCUT2D eigenvalue weighted by atomic mass is 35.5. The van der Waals surface area contributed by atoms with Crippen LogP contribution in [0.5, 0.6) is 0 Å². The summed E-state index contributed by atoms with van der Waals surface area (Å²) >= 11 is 5.67. The summed E-state index contributed by atoms with van der Waals surface area (Å²) in [6, 6.07) is 0. The molecule has 3 fully saturated rings. The van der Waals surface area contributed by atoms with Gasteiger partial charge < -0.3 is 15.3 Å². The molecule has 0 radical (unpaired) electrons. The number of Topliss-reactive ketones (excluding diaryl/α,β-unsaturated/α-hetero) is 1. The number of halogens is 3. The van der Waals surface area contributed by atoms with E-state index in [0.717, 1.165) is 6.08 Å². The van der Waals surface area contributed by atoms with E-state index in [0.29, 0.717) is 0 Å². The zero-order valence-electron chi connectivity index (χ0n) is 16.2. The zero-order valence-corrected chi connectivity index (χ0v) is 17.0. The maximum absolute atomic E-state index is 16.8. The van der Waals surface area contributed by atoms with Gasteiger partial charge in [-0.05, 0) is 49.8 Å². The van der Waals surface area contributed by atoms with Crippen molar-refractivity contribution in [3.8, 4) is 0 Å². The molecule has 0 heterocycles. The molecule has 0 bridgehead atoms. The first kappa shape index (κ1) is 21.1. The monoisotopic (exact) mass is 430 g/mol. The third-order valence-corrected chi connectivity index (χ3v) is 8.64. The third kappa shape index (κ3) is 2.25. The number of ketones is 2. The first-order valence-corrected chi connectivity index (χ1v) is 10.4. The van der Waals surface area contributed by atoms with Crippen molar-refractivity contribution in [2.24, 2.45) is 22.7 Å². The predicted molar refractivity (Wildman–Crippen MR) is 101 cm³/mol. The number of rotatable bonds is 2. The Labute approximate surface area is 172 Å². The molecule has 5 nitrogen and oxygen atoms in total. The average Bonchev–Trinajstić information content (AvgIpc) is 2.86. The van der Waals surface area contributed by atoms with Crippen LogP contribution in [0.1, 0.15) is 33.1 Å². The highest BCUT2D eigenvalue weighted by Crippen LogP contribution is 2.70. The molecule has 4 rings (SSSR count). The van der Waals surface area contributed by atoms with Crippen LogP contribution in [0.25, 0.3) is 0 Å². The number of hydrogen-bond donors (Lipinski definition) is 3. The fourth-order valence-electron chi connectivity index (χ4n) is 6.82. The van der Waals surface area contributed by atoms with E-state index < -0.39 is 69.8 Å². The van der Waals surface area contributed by atoms with Crippen LogP contribution in [-0.4, -0.2) is 62.4 Å². The molecule has 8 heteroatoms. The van der Waals surface area contributed by atoms with E-state index in [4.69, 9.17) is 11.6 Å². The van der Waals surface area contributed by atoms with Crippen molar-refractivity contribution in [2.45, 2.75) is 62.8 Å². The molecule has 0 aromatic rings. The standard InChI is InChI=1S/C21H25ClF2O5/c1-18-4-3-10(25)5-13(18)14(23)6-12-11-7-15(26)21(29,17(28)9-22)19(11,2)8-16(27)20(12,18)24/h3-5,11-12,14-16,26-27,29H,6-9H2,1-2H3/t11-,12-,14?,15?,16?,18-,19-,20-,21-/m0/s1. The second-order valence-corrected chi connectivity index (χ2v) is 9.70. The molecule has 3 unspecified atom stereocenters. The van der Waals surface area contributed by atoms with Crippen LogP contribution in [0.15, 0.2) is 23.8 Å². The van der Waals surface area contributed by atoms with Gasteiger partial charge in [0.2, 0.25) is 0 Å². The van der Waals surface area contributed by atoms with Crippen LogP contribution in [0.3, 0.4) is 0 Å². The van der Waals surface area contributed by atoms with Crippen LogP contribution in [-0.2, 0) is 9.59 Å². The van der Waals surface area contributed by atoms with E-state index >= 15 is 8.78 Å². The fraction of sp³-hybridized carbons (Fsp3) is 0.714. The number of allylic oxidation sites excluding steroid dienone is 4. The van der Waals surface area contributed by atoms with Gasteiger partial charge in [0, 0.05) is 16.7 Å². The van der Waals surface area contributed by atoms with Gasteiger partial charge in [-0.15, -0.1) is 11.6 Å². The van der Waals surface area contributed by atoms with Gasteiger partial charge in [0.25, 0.3) is 0 Å². The Balaban J connectivity index is 1.87. The summed E-state index contributed by atoms with van der Waals surface area (Å²) in [6.45, 7) is 3.00. The summed E-state index contributed by atoms with van der Waals surface area (Å²) in [7, 11) is 0. The smallest absolute Gasteiger partial charge is 0.182 e. The van der Waals surface area contributed by atoms with E-state index in [2.05, 4.69) is 0 Å². The molecule has 3 saturated carbocycles. The Morgan fingerprint density at radius 1 is 1.24 bits per heavy atom. The molecule has 3 N–H and O–H groups in total. The number of aliphatic hydroxyl groups excluding tert-OH is 2. The van der Waals surface area contributed by atoms with Gasteiger partial charge in [-0.25, -0.2) is 8.78 Å². The molecular formula is C21H25ClF2O5. The largest absolute Gasteiger partial charge is 0.390 e. The summed E-state index contributed by atoms with van der Waals surface area (Å²) < 4.78 is 32.0. The van der Waals surface area contributed by atoms with Crippen molar-refractivity contribution in [3.05, 3.63) is 23.8 Å². The topological polar surface area (TPSA) is 94.8 Å². The molecule has 0 aromatic carbocycles. The second kappa shape index (κ2) is 6.19. The second-order valence-electron chi connectivity index (χ2n) is 9.43. The highest BCUT2D eigenvalue weighted by Gasteiger charge is 2.77. The van der Waals surface area contributed by atoms with Crippen LogP contribution in [0.2, 0.25) is 0 Å². The van der Waals surface area contributed by atoms with Crippen molar-refractivity contribution in [1.82, 2.24) is 0 Å². The van der Waals surface area contributed by atoms with Crippen LogP contribution in [0.4, 0.5) is 8.78 Å². The summed E-state index contributed by atoms with van der Waals surface area (Å²) in [6.07, 6.45) is -1.89. The van der Waals surface area contributed by atoms with Crippen molar-refractivity contribution >= 4 is 23.2 Å². The lowest BCUT2D eigenvalue weighted by Crippen LogP contribution is -2.70. The molecule has 0 aliphatic heterocycles. The molecule has 160 valence electrons. The van der Waals surface area contributed by atoms with Crippen molar-refractivity contribution in [1.29, 1.82) is 0 Å². The van der Waals surface area contributed by atoms with Crippen molar-refractivity contribution < 1.29 is 33.7 Å². The van der Waals surface area contributed by atoms with Crippen molar-refractivity contribution in [2.75, 3.05) is 5.88 Å². The Morgan fingerprint density at radius 2 is 1.90 bits per heavy atom. The maximum atomic E-state index is 16.8.